The molecule has 10 nitrogen and oxygen atoms in total. The van der Waals surface area contributed by atoms with Crippen molar-refractivity contribution in [2.24, 2.45) is 5.41 Å². The quantitative estimate of drug-likeness (QED) is 0.321. The Hall–Kier alpha value is -3.14. The number of amides is 3. The first-order valence-corrected chi connectivity index (χ1v) is 10.9. The highest BCUT2D eigenvalue weighted by Crippen LogP contribution is 2.27. The van der Waals surface area contributed by atoms with Crippen LogP contribution in [-0.4, -0.2) is 64.7 Å². The first kappa shape index (κ1) is 26.1. The number of anilines is 1. The Labute approximate surface area is 196 Å². The van der Waals surface area contributed by atoms with E-state index in [1.54, 1.807) is 20.8 Å². The molecule has 1 heterocycles. The van der Waals surface area contributed by atoms with Crippen LogP contribution in [0.15, 0.2) is 18.2 Å². The second kappa shape index (κ2) is 10.7. The average molecular weight is 481 g/mol. The summed E-state index contributed by atoms with van der Waals surface area (Å²) in [6.07, 6.45) is 0.689. The summed E-state index contributed by atoms with van der Waals surface area (Å²) in [6.45, 7) is 5.62. The topological polar surface area (TPSA) is 159 Å². The van der Waals surface area contributed by atoms with E-state index in [0.717, 1.165) is 0 Å². The van der Waals surface area contributed by atoms with Crippen LogP contribution in [0.5, 0.6) is 0 Å². The van der Waals surface area contributed by atoms with Crippen molar-refractivity contribution in [1.29, 1.82) is 0 Å². The number of carbonyl (C=O) groups excluding carboxylic acids is 4. The highest BCUT2D eigenvalue weighted by Gasteiger charge is 2.42. The summed E-state index contributed by atoms with van der Waals surface area (Å²) in [4.78, 5) is 62.4. The van der Waals surface area contributed by atoms with Crippen molar-refractivity contribution < 1.29 is 29.1 Å². The van der Waals surface area contributed by atoms with Crippen molar-refractivity contribution >= 4 is 47.3 Å². The molecule has 180 valence electrons. The number of likely N-dealkylation sites (tertiary alicyclic amines) is 1. The minimum absolute atomic E-state index is 0.143. The van der Waals surface area contributed by atoms with Crippen LogP contribution in [0.2, 0.25) is 5.02 Å². The fourth-order valence-electron chi connectivity index (χ4n) is 3.64. The number of carbonyl (C=O) groups is 5. The van der Waals surface area contributed by atoms with Crippen molar-refractivity contribution in [2.45, 2.75) is 58.2 Å². The normalized spacial score (nSPS) is 17.7. The van der Waals surface area contributed by atoms with E-state index >= 15 is 0 Å². The number of rotatable bonds is 8. The number of halogens is 1. The summed E-state index contributed by atoms with van der Waals surface area (Å²) in [6, 6.07) is 1.37. The van der Waals surface area contributed by atoms with Crippen LogP contribution >= 0.6 is 11.6 Å². The van der Waals surface area contributed by atoms with Gasteiger partial charge >= 0.3 is 5.97 Å². The molecule has 11 heteroatoms. The van der Waals surface area contributed by atoms with Crippen LogP contribution in [0.3, 0.4) is 0 Å². The zero-order chi connectivity index (χ0) is 24.9. The summed E-state index contributed by atoms with van der Waals surface area (Å²) < 4.78 is 0. The number of hydrogen-bond acceptors (Lipinski definition) is 6. The van der Waals surface area contributed by atoms with Gasteiger partial charge in [0.1, 0.15) is 18.4 Å². The smallest absolute Gasteiger partial charge is 0.305 e. The van der Waals surface area contributed by atoms with E-state index in [9.17, 15) is 24.0 Å². The number of benzene rings is 1. The van der Waals surface area contributed by atoms with Crippen LogP contribution < -0.4 is 16.4 Å². The summed E-state index contributed by atoms with van der Waals surface area (Å²) in [5.41, 5.74) is 5.52. The van der Waals surface area contributed by atoms with Crippen molar-refractivity contribution in [3.05, 3.63) is 28.8 Å². The van der Waals surface area contributed by atoms with E-state index in [1.165, 1.54) is 23.1 Å². The molecule has 0 radical (unpaired) electrons. The zero-order valence-electron chi connectivity index (χ0n) is 18.8. The minimum Gasteiger partial charge on any atom is -0.481 e. The van der Waals surface area contributed by atoms with Crippen LogP contribution in [0.25, 0.3) is 0 Å². The van der Waals surface area contributed by atoms with Crippen LogP contribution in [0, 0.1) is 5.41 Å². The molecular formula is C22H29ClN4O6. The third kappa shape index (κ3) is 6.67. The standard InChI is InChI=1S/C22H29ClN4O6/c1-22(2,3)18(26-19(31)14-7-6-12(24)9-15(14)23)21(33)27-8-4-5-16(27)20(32)25-13(11-28)10-17(29)30/h6-7,9,11,13,16,18H,4-5,8,10,24H2,1-3H3,(H,25,32)(H,26,31)(H,29,30)/t13-,16-,18+/m0/s1. The Kier molecular flexibility index (Phi) is 8.43. The van der Waals surface area contributed by atoms with Gasteiger partial charge in [0.15, 0.2) is 0 Å². The van der Waals surface area contributed by atoms with Gasteiger partial charge in [-0.15, -0.1) is 0 Å². The lowest BCUT2D eigenvalue weighted by atomic mass is 9.85. The summed E-state index contributed by atoms with van der Waals surface area (Å²) in [5, 5.41) is 14.1. The van der Waals surface area contributed by atoms with E-state index in [1.807, 2.05) is 0 Å². The lowest BCUT2D eigenvalue weighted by Gasteiger charge is -2.35. The van der Waals surface area contributed by atoms with Gasteiger partial charge in [-0.3, -0.25) is 19.2 Å². The van der Waals surface area contributed by atoms with Crippen molar-refractivity contribution in [1.82, 2.24) is 15.5 Å². The molecule has 1 aliphatic heterocycles. The van der Waals surface area contributed by atoms with Gasteiger partial charge in [0, 0.05) is 12.2 Å². The number of aliphatic carboxylic acids is 1. The molecule has 3 amide bonds. The molecule has 5 N–H and O–H groups in total. The first-order valence-electron chi connectivity index (χ1n) is 10.5. The molecule has 1 fully saturated rings. The van der Waals surface area contributed by atoms with E-state index < -0.39 is 53.7 Å². The van der Waals surface area contributed by atoms with Gasteiger partial charge in [0.25, 0.3) is 5.91 Å². The molecule has 0 unspecified atom stereocenters. The maximum atomic E-state index is 13.5. The Morgan fingerprint density at radius 2 is 1.94 bits per heavy atom. The van der Waals surface area contributed by atoms with Gasteiger partial charge < -0.3 is 31.2 Å². The molecule has 1 aromatic carbocycles. The third-order valence-electron chi connectivity index (χ3n) is 5.35. The Bertz CT molecular complexity index is 945. The summed E-state index contributed by atoms with van der Waals surface area (Å²) >= 11 is 6.13. The molecule has 1 aromatic rings. The Morgan fingerprint density at radius 3 is 2.48 bits per heavy atom. The lowest BCUT2D eigenvalue weighted by Crippen LogP contribution is -2.58. The zero-order valence-corrected chi connectivity index (χ0v) is 19.5. The highest BCUT2D eigenvalue weighted by molar-refractivity contribution is 6.34. The lowest BCUT2D eigenvalue weighted by molar-refractivity contribution is -0.143. The van der Waals surface area contributed by atoms with Gasteiger partial charge in [-0.1, -0.05) is 32.4 Å². The van der Waals surface area contributed by atoms with Crippen LogP contribution in [0.1, 0.15) is 50.4 Å². The Morgan fingerprint density at radius 1 is 1.27 bits per heavy atom. The number of aldehydes is 1. The molecule has 0 spiro atoms. The molecule has 2 rings (SSSR count). The number of nitrogens with one attached hydrogen (secondary N) is 2. The third-order valence-corrected chi connectivity index (χ3v) is 5.66. The predicted octanol–water partition coefficient (Wildman–Crippen LogP) is 1.22. The maximum absolute atomic E-state index is 13.5. The van der Waals surface area contributed by atoms with Gasteiger partial charge in [-0.2, -0.15) is 0 Å². The average Bonchev–Trinajstić information content (AvgIpc) is 3.19. The van der Waals surface area contributed by atoms with E-state index in [0.29, 0.717) is 24.8 Å². The minimum atomic E-state index is -1.23. The molecule has 0 aliphatic carbocycles. The number of nitrogen functional groups attached to an aromatic ring is 1. The van der Waals surface area contributed by atoms with Crippen molar-refractivity contribution in [3.8, 4) is 0 Å². The van der Waals surface area contributed by atoms with Crippen LogP contribution in [-0.2, 0) is 19.2 Å². The number of carboxylic acids is 1. The first-order chi connectivity index (χ1) is 15.3. The predicted molar refractivity (Wildman–Crippen MR) is 122 cm³/mol. The fourth-order valence-corrected chi connectivity index (χ4v) is 3.92. The van der Waals surface area contributed by atoms with E-state index in [-0.39, 0.29) is 17.1 Å². The fraction of sp³-hybridized carbons (Fsp3) is 0.500. The van der Waals surface area contributed by atoms with Crippen molar-refractivity contribution in [3.63, 3.8) is 0 Å². The molecule has 33 heavy (non-hydrogen) atoms. The van der Waals surface area contributed by atoms with Crippen LogP contribution in [0.4, 0.5) is 5.69 Å². The number of carboxylic acid groups (broad SMARTS) is 1. The van der Waals surface area contributed by atoms with Crippen molar-refractivity contribution in [2.75, 3.05) is 12.3 Å². The molecule has 0 saturated carbocycles. The van der Waals surface area contributed by atoms with Gasteiger partial charge in [0.2, 0.25) is 11.8 Å². The molecule has 1 saturated heterocycles. The number of hydrogen-bond donors (Lipinski definition) is 4. The second-order valence-electron chi connectivity index (χ2n) is 9.05. The number of nitrogens with two attached hydrogens (primary N) is 1. The molecular weight excluding hydrogens is 452 g/mol. The SMILES string of the molecule is CC(C)(C)[C@H](NC(=O)c1ccc(N)cc1Cl)C(=O)N1CCC[C@H]1C(=O)N[C@H](C=O)CC(=O)O. The Balaban J connectivity index is 2.22. The maximum Gasteiger partial charge on any atom is 0.305 e. The van der Waals surface area contributed by atoms with Gasteiger partial charge in [-0.25, -0.2) is 0 Å². The monoisotopic (exact) mass is 480 g/mol. The second-order valence-corrected chi connectivity index (χ2v) is 9.46. The van der Waals surface area contributed by atoms with E-state index in [2.05, 4.69) is 10.6 Å². The number of nitrogens with zero attached hydrogens (tertiary/aromatic N) is 1. The highest BCUT2D eigenvalue weighted by atomic mass is 35.5. The molecule has 1 aliphatic rings. The summed E-state index contributed by atoms with van der Waals surface area (Å²) in [5.74, 6) is -2.86. The molecule has 0 aromatic heterocycles. The molecule has 0 bridgehead atoms. The van der Waals surface area contributed by atoms with Gasteiger partial charge in [-0.05, 0) is 36.5 Å². The largest absolute Gasteiger partial charge is 0.481 e. The summed E-state index contributed by atoms with van der Waals surface area (Å²) in [7, 11) is 0. The van der Waals surface area contributed by atoms with E-state index in [4.69, 9.17) is 22.4 Å². The molecule has 3 atom stereocenters. The van der Waals surface area contributed by atoms with Gasteiger partial charge in [0.05, 0.1) is 23.0 Å².